The summed E-state index contributed by atoms with van der Waals surface area (Å²) < 4.78 is 10.0. The van der Waals surface area contributed by atoms with E-state index in [1.165, 1.54) is 7.11 Å². The maximum atomic E-state index is 12.7. The highest BCUT2D eigenvalue weighted by Gasteiger charge is 2.55. The number of rotatable bonds is 9. The largest absolute Gasteiger partial charge is 0.469 e. The molecule has 3 amide bonds. The molecular formula is C21H33N3O6. The fourth-order valence-electron chi connectivity index (χ4n) is 3.52. The van der Waals surface area contributed by atoms with Crippen LogP contribution in [0.3, 0.4) is 0 Å². The lowest BCUT2D eigenvalue weighted by molar-refractivity contribution is -0.147. The van der Waals surface area contributed by atoms with Crippen molar-refractivity contribution in [2.45, 2.75) is 64.9 Å². The molecule has 0 atom stereocenters. The van der Waals surface area contributed by atoms with Crippen molar-refractivity contribution in [1.29, 1.82) is 0 Å². The number of hydrogen-bond acceptors (Lipinski definition) is 6. The molecule has 3 aliphatic rings. The summed E-state index contributed by atoms with van der Waals surface area (Å²) in [6.07, 6.45) is 3.68. The van der Waals surface area contributed by atoms with Crippen LogP contribution in [0.5, 0.6) is 0 Å². The Bertz CT molecular complexity index is 730. The molecule has 0 bridgehead atoms. The summed E-state index contributed by atoms with van der Waals surface area (Å²) >= 11 is 0. The summed E-state index contributed by atoms with van der Waals surface area (Å²) in [5.41, 5.74) is -2.39. The van der Waals surface area contributed by atoms with E-state index < -0.39 is 27.9 Å². The molecular weight excluding hydrogens is 390 g/mol. The van der Waals surface area contributed by atoms with Crippen LogP contribution in [0.15, 0.2) is 0 Å². The Hall–Kier alpha value is -2.32. The molecule has 9 heteroatoms. The monoisotopic (exact) mass is 423 g/mol. The molecule has 0 aromatic heterocycles. The fraction of sp³-hybridized carbons (Fsp3) is 0.810. The molecule has 0 saturated heterocycles. The Balaban J connectivity index is 1.43. The van der Waals surface area contributed by atoms with Crippen LogP contribution < -0.4 is 16.0 Å². The topological polar surface area (TPSA) is 123 Å². The van der Waals surface area contributed by atoms with Gasteiger partial charge in [0.1, 0.15) is 5.60 Å². The molecule has 3 fully saturated rings. The van der Waals surface area contributed by atoms with E-state index in [9.17, 15) is 19.2 Å². The third-order valence-corrected chi connectivity index (χ3v) is 6.29. The van der Waals surface area contributed by atoms with Crippen molar-refractivity contribution in [2.75, 3.05) is 26.7 Å². The number of alkyl carbamates (subject to hydrolysis) is 1. The minimum absolute atomic E-state index is 0.130. The molecule has 0 aliphatic heterocycles. The van der Waals surface area contributed by atoms with Gasteiger partial charge in [-0.15, -0.1) is 0 Å². The summed E-state index contributed by atoms with van der Waals surface area (Å²) in [7, 11) is 1.35. The SMILES string of the molecule is COC(=O)C1(CNC(=O)C2(CNC(=O)C3(CNC(=O)OC(C)(C)C)CC3)CC2)CC1. The van der Waals surface area contributed by atoms with Gasteiger partial charge in [0.25, 0.3) is 0 Å². The zero-order valence-electron chi connectivity index (χ0n) is 18.3. The van der Waals surface area contributed by atoms with Crippen molar-refractivity contribution in [3.63, 3.8) is 0 Å². The average molecular weight is 424 g/mol. The molecule has 9 nitrogen and oxygen atoms in total. The second-order valence-electron chi connectivity index (χ2n) is 10.1. The highest BCUT2D eigenvalue weighted by molar-refractivity contribution is 5.89. The highest BCUT2D eigenvalue weighted by Crippen LogP contribution is 2.49. The van der Waals surface area contributed by atoms with Crippen LogP contribution in [0.2, 0.25) is 0 Å². The number of amides is 3. The van der Waals surface area contributed by atoms with E-state index in [2.05, 4.69) is 16.0 Å². The second-order valence-corrected chi connectivity index (χ2v) is 10.1. The van der Waals surface area contributed by atoms with Gasteiger partial charge in [0, 0.05) is 19.6 Å². The quantitative estimate of drug-likeness (QED) is 0.480. The molecule has 30 heavy (non-hydrogen) atoms. The first-order valence-corrected chi connectivity index (χ1v) is 10.6. The standard InChI is InChI=1S/C21H33N3O6/c1-18(2,3)30-17(28)24-12-20(7-8-20)15(26)22-11-19(5-6-19)14(25)23-13-21(9-10-21)16(27)29-4/h5-13H2,1-4H3,(H,22,26)(H,23,25)(H,24,28). The van der Waals surface area contributed by atoms with Crippen LogP contribution in [0.25, 0.3) is 0 Å². The Morgan fingerprint density at radius 2 is 1.13 bits per heavy atom. The van der Waals surface area contributed by atoms with Crippen molar-refractivity contribution in [3.8, 4) is 0 Å². The van der Waals surface area contributed by atoms with Gasteiger partial charge in [-0.05, 0) is 59.3 Å². The molecule has 3 aliphatic carbocycles. The van der Waals surface area contributed by atoms with Gasteiger partial charge in [0.2, 0.25) is 11.8 Å². The molecule has 0 aromatic carbocycles. The van der Waals surface area contributed by atoms with Gasteiger partial charge in [-0.3, -0.25) is 14.4 Å². The average Bonchev–Trinajstić information content (AvgIpc) is 3.53. The predicted molar refractivity (Wildman–Crippen MR) is 107 cm³/mol. The Morgan fingerprint density at radius 3 is 1.50 bits per heavy atom. The van der Waals surface area contributed by atoms with E-state index in [0.717, 1.165) is 12.8 Å². The molecule has 0 unspecified atom stereocenters. The van der Waals surface area contributed by atoms with E-state index in [0.29, 0.717) is 25.7 Å². The zero-order valence-corrected chi connectivity index (χ0v) is 18.3. The summed E-state index contributed by atoms with van der Waals surface area (Å²) in [6, 6.07) is 0. The summed E-state index contributed by atoms with van der Waals surface area (Å²) in [4.78, 5) is 49.0. The number of hydrogen-bond donors (Lipinski definition) is 3. The maximum absolute atomic E-state index is 12.7. The van der Waals surface area contributed by atoms with Crippen LogP contribution in [0, 0.1) is 16.2 Å². The first kappa shape index (κ1) is 22.4. The lowest BCUT2D eigenvalue weighted by Gasteiger charge is -2.23. The normalized spacial score (nSPS) is 21.6. The lowest BCUT2D eigenvalue weighted by Crippen LogP contribution is -2.46. The first-order valence-electron chi connectivity index (χ1n) is 10.6. The Labute approximate surface area is 177 Å². The molecule has 168 valence electrons. The summed E-state index contributed by atoms with van der Waals surface area (Å²) in [5, 5.41) is 8.46. The number of carbonyl (C=O) groups excluding carboxylic acids is 4. The smallest absolute Gasteiger partial charge is 0.407 e. The highest BCUT2D eigenvalue weighted by atomic mass is 16.6. The van der Waals surface area contributed by atoms with Crippen LogP contribution in [0.4, 0.5) is 4.79 Å². The number of methoxy groups -OCH3 is 1. The number of ether oxygens (including phenoxy) is 2. The van der Waals surface area contributed by atoms with Crippen LogP contribution in [-0.2, 0) is 23.9 Å². The van der Waals surface area contributed by atoms with Crippen molar-refractivity contribution in [2.24, 2.45) is 16.2 Å². The number of carbonyl (C=O) groups is 4. The lowest BCUT2D eigenvalue weighted by atomic mass is 10.0. The Morgan fingerprint density at radius 1 is 0.733 bits per heavy atom. The third-order valence-electron chi connectivity index (χ3n) is 6.29. The minimum atomic E-state index is -0.619. The Kier molecular flexibility index (Phi) is 5.77. The van der Waals surface area contributed by atoms with E-state index in [-0.39, 0.29) is 37.4 Å². The summed E-state index contributed by atoms with van der Waals surface area (Å²) in [6.45, 7) is 6.09. The van der Waals surface area contributed by atoms with Crippen molar-refractivity contribution < 1.29 is 28.7 Å². The zero-order chi connectivity index (χ0) is 22.2. The molecule has 0 radical (unpaired) electrons. The molecule has 3 saturated carbocycles. The van der Waals surface area contributed by atoms with Crippen LogP contribution in [0.1, 0.15) is 59.3 Å². The van der Waals surface area contributed by atoms with Gasteiger partial charge < -0.3 is 25.4 Å². The van der Waals surface area contributed by atoms with Gasteiger partial charge >= 0.3 is 12.1 Å². The van der Waals surface area contributed by atoms with E-state index in [1.54, 1.807) is 20.8 Å². The number of esters is 1. The molecule has 3 N–H and O–H groups in total. The third kappa shape index (κ3) is 5.05. The molecule has 0 spiro atoms. The molecule has 0 heterocycles. The van der Waals surface area contributed by atoms with Gasteiger partial charge in [0.05, 0.1) is 23.4 Å². The number of nitrogens with one attached hydrogen (secondary N) is 3. The second kappa shape index (κ2) is 7.74. The van der Waals surface area contributed by atoms with Crippen molar-refractivity contribution >= 4 is 23.9 Å². The minimum Gasteiger partial charge on any atom is -0.469 e. The molecule has 0 aromatic rings. The van der Waals surface area contributed by atoms with Gasteiger partial charge in [0.15, 0.2) is 0 Å². The van der Waals surface area contributed by atoms with Crippen LogP contribution in [-0.4, -0.2) is 56.2 Å². The van der Waals surface area contributed by atoms with E-state index in [1.807, 2.05) is 0 Å². The van der Waals surface area contributed by atoms with Gasteiger partial charge in [-0.2, -0.15) is 0 Å². The fourth-order valence-corrected chi connectivity index (χ4v) is 3.52. The van der Waals surface area contributed by atoms with Crippen molar-refractivity contribution in [3.05, 3.63) is 0 Å². The van der Waals surface area contributed by atoms with Crippen molar-refractivity contribution in [1.82, 2.24) is 16.0 Å². The van der Waals surface area contributed by atoms with Gasteiger partial charge in [-0.25, -0.2) is 4.79 Å². The summed E-state index contributed by atoms with van der Waals surface area (Å²) in [5.74, 6) is -0.560. The van der Waals surface area contributed by atoms with E-state index >= 15 is 0 Å². The maximum Gasteiger partial charge on any atom is 0.407 e. The molecule has 3 rings (SSSR count). The van der Waals surface area contributed by atoms with Gasteiger partial charge in [-0.1, -0.05) is 0 Å². The predicted octanol–water partition coefficient (Wildman–Crippen LogP) is 1.26. The van der Waals surface area contributed by atoms with E-state index in [4.69, 9.17) is 9.47 Å². The first-order chi connectivity index (χ1) is 14.0. The van der Waals surface area contributed by atoms with Crippen LogP contribution >= 0.6 is 0 Å².